The van der Waals surface area contributed by atoms with Gasteiger partial charge in [-0.1, -0.05) is 30.7 Å². The summed E-state index contributed by atoms with van der Waals surface area (Å²) in [6.07, 6.45) is 2.87. The predicted molar refractivity (Wildman–Crippen MR) is 73.5 cm³/mol. The quantitative estimate of drug-likeness (QED) is 0.892. The molecule has 2 rings (SSSR count). The van der Waals surface area contributed by atoms with Crippen molar-refractivity contribution in [1.29, 1.82) is 0 Å². The maximum absolute atomic E-state index is 13.6. The SMILES string of the molecule is CCC1CCC(C(=O)NCc2cccc(Cl)c2F)N1. The highest BCUT2D eigenvalue weighted by Crippen LogP contribution is 2.18. The highest BCUT2D eigenvalue weighted by molar-refractivity contribution is 6.30. The first-order valence-electron chi connectivity index (χ1n) is 6.58. The summed E-state index contributed by atoms with van der Waals surface area (Å²) in [5.41, 5.74) is 0.408. The Morgan fingerprint density at radius 3 is 3.00 bits per heavy atom. The van der Waals surface area contributed by atoms with Crippen LogP contribution in [0.3, 0.4) is 0 Å². The van der Waals surface area contributed by atoms with E-state index in [-0.39, 0.29) is 23.5 Å². The van der Waals surface area contributed by atoms with Gasteiger partial charge in [-0.05, 0) is 25.3 Å². The lowest BCUT2D eigenvalue weighted by Crippen LogP contribution is -2.42. The van der Waals surface area contributed by atoms with E-state index >= 15 is 0 Å². The lowest BCUT2D eigenvalue weighted by Gasteiger charge is -2.13. The average molecular weight is 285 g/mol. The molecule has 1 aliphatic rings. The zero-order chi connectivity index (χ0) is 13.8. The predicted octanol–water partition coefficient (Wildman–Crippen LogP) is 2.63. The number of rotatable bonds is 4. The molecule has 1 heterocycles. The molecular formula is C14H18ClFN2O. The molecule has 0 aromatic heterocycles. The van der Waals surface area contributed by atoms with Gasteiger partial charge < -0.3 is 10.6 Å². The molecule has 1 amide bonds. The van der Waals surface area contributed by atoms with Crippen LogP contribution in [-0.2, 0) is 11.3 Å². The van der Waals surface area contributed by atoms with Crippen molar-refractivity contribution < 1.29 is 9.18 Å². The highest BCUT2D eigenvalue weighted by atomic mass is 35.5. The second-order valence-electron chi connectivity index (χ2n) is 4.83. The zero-order valence-electron chi connectivity index (χ0n) is 10.9. The van der Waals surface area contributed by atoms with Crippen LogP contribution in [0, 0.1) is 5.82 Å². The number of benzene rings is 1. The summed E-state index contributed by atoms with van der Waals surface area (Å²) >= 11 is 5.69. The minimum atomic E-state index is -0.463. The Kier molecular flexibility index (Phi) is 4.77. The van der Waals surface area contributed by atoms with Gasteiger partial charge in [-0.2, -0.15) is 0 Å². The monoisotopic (exact) mass is 284 g/mol. The summed E-state index contributed by atoms with van der Waals surface area (Å²) in [4.78, 5) is 11.9. The Labute approximate surface area is 117 Å². The second kappa shape index (κ2) is 6.35. The maximum atomic E-state index is 13.6. The Balaban J connectivity index is 1.89. The van der Waals surface area contributed by atoms with Gasteiger partial charge in [0.15, 0.2) is 0 Å². The van der Waals surface area contributed by atoms with E-state index in [0.29, 0.717) is 11.6 Å². The fourth-order valence-corrected chi connectivity index (χ4v) is 2.53. The van der Waals surface area contributed by atoms with Crippen LogP contribution in [0.5, 0.6) is 0 Å². The zero-order valence-corrected chi connectivity index (χ0v) is 11.6. The molecule has 2 atom stereocenters. The van der Waals surface area contributed by atoms with Gasteiger partial charge in [0.05, 0.1) is 11.1 Å². The molecule has 0 aliphatic carbocycles. The molecule has 19 heavy (non-hydrogen) atoms. The molecule has 1 aromatic rings. The van der Waals surface area contributed by atoms with Crippen molar-refractivity contribution in [2.45, 2.75) is 44.8 Å². The van der Waals surface area contributed by atoms with Gasteiger partial charge in [0.25, 0.3) is 0 Å². The molecule has 1 aromatic carbocycles. The van der Waals surface area contributed by atoms with Crippen LogP contribution in [0.2, 0.25) is 5.02 Å². The van der Waals surface area contributed by atoms with E-state index < -0.39 is 5.82 Å². The average Bonchev–Trinajstić information content (AvgIpc) is 2.89. The molecule has 104 valence electrons. The van der Waals surface area contributed by atoms with Gasteiger partial charge in [-0.3, -0.25) is 4.79 Å². The third-order valence-electron chi connectivity index (χ3n) is 3.53. The highest BCUT2D eigenvalue weighted by Gasteiger charge is 2.27. The first-order valence-corrected chi connectivity index (χ1v) is 6.96. The van der Waals surface area contributed by atoms with Crippen LogP contribution < -0.4 is 10.6 Å². The summed E-state index contributed by atoms with van der Waals surface area (Å²) in [5.74, 6) is -0.536. The van der Waals surface area contributed by atoms with Crippen LogP contribution in [0.1, 0.15) is 31.7 Å². The van der Waals surface area contributed by atoms with E-state index in [9.17, 15) is 9.18 Å². The summed E-state index contributed by atoms with van der Waals surface area (Å²) in [6, 6.07) is 5.05. The minimum absolute atomic E-state index is 0.0738. The molecule has 3 nitrogen and oxygen atoms in total. The summed E-state index contributed by atoms with van der Waals surface area (Å²) in [6.45, 7) is 2.26. The standard InChI is InChI=1S/C14H18ClFN2O/c1-2-10-6-7-12(18-10)14(19)17-8-9-4-3-5-11(15)13(9)16/h3-5,10,12,18H,2,6-8H2,1H3,(H,17,19). The fraction of sp³-hybridized carbons (Fsp3) is 0.500. The van der Waals surface area contributed by atoms with Gasteiger partial charge in [-0.25, -0.2) is 4.39 Å². The fourth-order valence-electron chi connectivity index (χ4n) is 2.34. The Morgan fingerprint density at radius 1 is 1.53 bits per heavy atom. The van der Waals surface area contributed by atoms with Gasteiger partial charge in [0.1, 0.15) is 5.82 Å². The lowest BCUT2D eigenvalue weighted by atomic mass is 10.1. The molecule has 1 aliphatic heterocycles. The Bertz CT molecular complexity index is 467. The Hall–Kier alpha value is -1.13. The van der Waals surface area contributed by atoms with Crippen molar-refractivity contribution in [2.75, 3.05) is 0 Å². The molecule has 2 N–H and O–H groups in total. The van der Waals surface area contributed by atoms with Crippen molar-refractivity contribution >= 4 is 17.5 Å². The number of carbonyl (C=O) groups is 1. The first-order chi connectivity index (χ1) is 9.11. The lowest BCUT2D eigenvalue weighted by molar-refractivity contribution is -0.123. The number of nitrogens with one attached hydrogen (secondary N) is 2. The van der Waals surface area contributed by atoms with Crippen molar-refractivity contribution in [3.05, 3.63) is 34.6 Å². The van der Waals surface area contributed by atoms with Gasteiger partial charge in [-0.15, -0.1) is 0 Å². The number of hydrogen-bond acceptors (Lipinski definition) is 2. The van der Waals surface area contributed by atoms with Crippen molar-refractivity contribution in [2.24, 2.45) is 0 Å². The van der Waals surface area contributed by atoms with Crippen LogP contribution in [0.4, 0.5) is 4.39 Å². The number of carbonyl (C=O) groups excluding carboxylic acids is 1. The van der Waals surface area contributed by atoms with Gasteiger partial charge in [0, 0.05) is 18.2 Å². The normalized spacial score (nSPS) is 22.5. The van der Waals surface area contributed by atoms with E-state index in [1.165, 1.54) is 6.07 Å². The number of hydrogen-bond donors (Lipinski definition) is 2. The van der Waals surface area contributed by atoms with Crippen LogP contribution in [0.25, 0.3) is 0 Å². The summed E-state index contributed by atoms with van der Waals surface area (Å²) < 4.78 is 13.6. The van der Waals surface area contributed by atoms with Crippen LogP contribution in [0.15, 0.2) is 18.2 Å². The molecule has 1 fully saturated rings. The third kappa shape index (κ3) is 3.45. The third-order valence-corrected chi connectivity index (χ3v) is 3.83. The summed E-state index contributed by atoms with van der Waals surface area (Å²) in [5, 5.41) is 6.10. The van der Waals surface area contributed by atoms with E-state index in [1.54, 1.807) is 12.1 Å². The molecular weight excluding hydrogens is 267 g/mol. The van der Waals surface area contributed by atoms with E-state index in [1.807, 2.05) is 0 Å². The number of halogens is 2. The molecule has 5 heteroatoms. The molecule has 1 saturated heterocycles. The molecule has 0 radical (unpaired) electrons. The van der Waals surface area contributed by atoms with E-state index in [4.69, 9.17) is 11.6 Å². The topological polar surface area (TPSA) is 41.1 Å². The van der Waals surface area contributed by atoms with Crippen molar-refractivity contribution in [3.8, 4) is 0 Å². The van der Waals surface area contributed by atoms with E-state index in [0.717, 1.165) is 19.3 Å². The number of amides is 1. The maximum Gasteiger partial charge on any atom is 0.237 e. The minimum Gasteiger partial charge on any atom is -0.351 e. The van der Waals surface area contributed by atoms with Gasteiger partial charge in [0.2, 0.25) is 5.91 Å². The van der Waals surface area contributed by atoms with Crippen molar-refractivity contribution in [1.82, 2.24) is 10.6 Å². The van der Waals surface area contributed by atoms with Gasteiger partial charge >= 0.3 is 0 Å². The second-order valence-corrected chi connectivity index (χ2v) is 5.24. The first kappa shape index (κ1) is 14.3. The smallest absolute Gasteiger partial charge is 0.237 e. The summed E-state index contributed by atoms with van der Waals surface area (Å²) in [7, 11) is 0. The molecule has 0 bridgehead atoms. The molecule has 0 saturated carbocycles. The van der Waals surface area contributed by atoms with Crippen LogP contribution >= 0.6 is 11.6 Å². The molecule has 2 unspecified atom stereocenters. The Morgan fingerprint density at radius 2 is 2.32 bits per heavy atom. The largest absolute Gasteiger partial charge is 0.351 e. The van der Waals surface area contributed by atoms with Crippen molar-refractivity contribution in [3.63, 3.8) is 0 Å². The van der Waals surface area contributed by atoms with E-state index in [2.05, 4.69) is 17.6 Å². The molecule has 0 spiro atoms. The van der Waals surface area contributed by atoms with Crippen LogP contribution in [-0.4, -0.2) is 18.0 Å².